The third kappa shape index (κ3) is 4.29. The molecule has 0 saturated heterocycles. The molecule has 0 aromatic rings. The predicted molar refractivity (Wildman–Crippen MR) is 73.7 cm³/mol. The van der Waals surface area contributed by atoms with Gasteiger partial charge in [0.15, 0.2) is 0 Å². The van der Waals surface area contributed by atoms with Crippen molar-refractivity contribution in [2.45, 2.75) is 64.5 Å². The van der Waals surface area contributed by atoms with E-state index in [2.05, 4.69) is 26.5 Å². The molecule has 3 atom stereocenters. The van der Waals surface area contributed by atoms with E-state index >= 15 is 0 Å². The first-order valence-electron chi connectivity index (χ1n) is 6.61. The Morgan fingerprint density at radius 1 is 1.71 bits per heavy atom. The van der Waals surface area contributed by atoms with Crippen LogP contribution >= 0.6 is 0 Å². The van der Waals surface area contributed by atoms with E-state index in [1.54, 1.807) is 0 Å². The van der Waals surface area contributed by atoms with Gasteiger partial charge in [0, 0.05) is 5.54 Å². The van der Waals surface area contributed by atoms with Crippen LogP contribution in [0.15, 0.2) is 23.8 Å². The Labute approximate surface area is 106 Å². The van der Waals surface area contributed by atoms with E-state index in [9.17, 15) is 5.11 Å². The van der Waals surface area contributed by atoms with Crippen molar-refractivity contribution in [1.29, 1.82) is 0 Å². The Hall–Kier alpha value is -0.600. The van der Waals surface area contributed by atoms with Crippen molar-refractivity contribution in [3.05, 3.63) is 23.8 Å². The van der Waals surface area contributed by atoms with Gasteiger partial charge in [-0.2, -0.15) is 0 Å². The molecule has 3 unspecified atom stereocenters. The Morgan fingerprint density at radius 2 is 2.35 bits per heavy atom. The summed E-state index contributed by atoms with van der Waals surface area (Å²) < 4.78 is 0. The summed E-state index contributed by atoms with van der Waals surface area (Å²) in [5, 5.41) is 9.76. The zero-order chi connectivity index (χ0) is 13.1. The number of allylic oxidation sites excluding steroid dienone is 2. The Bertz CT molecular complexity index is 304. The number of hydrogen-bond acceptors (Lipinski definition) is 2. The van der Waals surface area contributed by atoms with Gasteiger partial charge < -0.3 is 10.8 Å². The number of nitrogens with two attached hydrogens (primary N) is 1. The van der Waals surface area contributed by atoms with Crippen LogP contribution in [0.25, 0.3) is 0 Å². The molecular formula is C15H27NO. The van der Waals surface area contributed by atoms with Crippen molar-refractivity contribution in [3.8, 4) is 0 Å². The molecule has 1 aliphatic rings. The largest absolute Gasteiger partial charge is 0.389 e. The first-order valence-corrected chi connectivity index (χ1v) is 6.61. The van der Waals surface area contributed by atoms with Crippen molar-refractivity contribution in [2.24, 2.45) is 11.7 Å². The smallest absolute Gasteiger partial charge is 0.0745 e. The van der Waals surface area contributed by atoms with Crippen LogP contribution in [-0.4, -0.2) is 16.7 Å². The highest BCUT2D eigenvalue weighted by Gasteiger charge is 2.30. The third-order valence-corrected chi connectivity index (χ3v) is 4.10. The van der Waals surface area contributed by atoms with Crippen LogP contribution in [-0.2, 0) is 0 Å². The Kier molecular flexibility index (Phi) is 4.96. The number of rotatable bonds is 5. The molecule has 1 aliphatic carbocycles. The lowest BCUT2D eigenvalue weighted by Gasteiger charge is -2.36. The zero-order valence-corrected chi connectivity index (χ0v) is 11.5. The fourth-order valence-corrected chi connectivity index (χ4v) is 2.46. The van der Waals surface area contributed by atoms with Gasteiger partial charge in [0.1, 0.15) is 0 Å². The minimum absolute atomic E-state index is 0.173. The second-order valence-electron chi connectivity index (χ2n) is 5.93. The average Bonchev–Trinajstić information content (AvgIpc) is 2.26. The molecule has 2 heteroatoms. The molecule has 98 valence electrons. The first kappa shape index (κ1) is 14.5. The van der Waals surface area contributed by atoms with Crippen molar-refractivity contribution >= 4 is 0 Å². The molecule has 0 aromatic carbocycles. The second-order valence-corrected chi connectivity index (χ2v) is 5.93. The molecule has 3 N–H and O–H groups in total. The van der Waals surface area contributed by atoms with E-state index in [0.717, 1.165) is 24.8 Å². The van der Waals surface area contributed by atoms with Crippen molar-refractivity contribution in [2.75, 3.05) is 0 Å². The van der Waals surface area contributed by atoms with E-state index in [-0.39, 0.29) is 5.54 Å². The maximum atomic E-state index is 9.76. The van der Waals surface area contributed by atoms with Crippen LogP contribution in [0.1, 0.15) is 52.9 Å². The van der Waals surface area contributed by atoms with Gasteiger partial charge in [-0.3, -0.25) is 0 Å². The quantitative estimate of drug-likeness (QED) is 0.721. The molecule has 0 heterocycles. The summed E-state index contributed by atoms with van der Waals surface area (Å²) in [5.74, 6) is 0.545. The number of aliphatic hydroxyl groups is 1. The Balaban J connectivity index is 2.48. The molecule has 0 saturated carbocycles. The van der Waals surface area contributed by atoms with Crippen LogP contribution in [0.2, 0.25) is 0 Å². The molecule has 0 amide bonds. The van der Waals surface area contributed by atoms with Crippen molar-refractivity contribution in [3.63, 3.8) is 0 Å². The summed E-state index contributed by atoms with van der Waals surface area (Å²) in [7, 11) is 0. The highest BCUT2D eigenvalue weighted by Crippen LogP contribution is 2.33. The third-order valence-electron chi connectivity index (χ3n) is 4.10. The van der Waals surface area contributed by atoms with E-state index < -0.39 is 6.10 Å². The molecule has 0 spiro atoms. The van der Waals surface area contributed by atoms with Crippen LogP contribution < -0.4 is 5.73 Å². The average molecular weight is 237 g/mol. The SMILES string of the molecule is C=C(C)C(O)CCC(C)(N)C1CC=C(C)CC1. The van der Waals surface area contributed by atoms with E-state index in [0.29, 0.717) is 5.92 Å². The van der Waals surface area contributed by atoms with Crippen LogP contribution in [0.4, 0.5) is 0 Å². The monoisotopic (exact) mass is 237 g/mol. The first-order chi connectivity index (χ1) is 7.83. The zero-order valence-electron chi connectivity index (χ0n) is 11.5. The van der Waals surface area contributed by atoms with Gasteiger partial charge in [0.2, 0.25) is 0 Å². The van der Waals surface area contributed by atoms with Gasteiger partial charge in [-0.15, -0.1) is 0 Å². The van der Waals surface area contributed by atoms with E-state index in [1.165, 1.54) is 18.4 Å². The second kappa shape index (κ2) is 5.83. The fraction of sp³-hybridized carbons (Fsp3) is 0.733. The molecule has 2 nitrogen and oxygen atoms in total. The number of aliphatic hydroxyl groups excluding tert-OH is 1. The summed E-state index contributed by atoms with van der Waals surface area (Å²) in [4.78, 5) is 0. The standard InChI is InChI=1S/C15H27NO/c1-11(2)14(17)9-10-15(4,16)13-7-5-12(3)6-8-13/h5,13-14,17H,1,6-10,16H2,2-4H3. The molecule has 17 heavy (non-hydrogen) atoms. The van der Waals surface area contributed by atoms with Crippen LogP contribution in [0, 0.1) is 5.92 Å². The van der Waals surface area contributed by atoms with Crippen molar-refractivity contribution in [1.82, 2.24) is 0 Å². The molecule has 0 fully saturated rings. The van der Waals surface area contributed by atoms with Gasteiger partial charge in [-0.1, -0.05) is 23.8 Å². The lowest BCUT2D eigenvalue weighted by atomic mass is 9.74. The minimum atomic E-state index is -0.404. The highest BCUT2D eigenvalue weighted by molar-refractivity contribution is 5.07. The fourth-order valence-electron chi connectivity index (χ4n) is 2.46. The lowest BCUT2D eigenvalue weighted by molar-refractivity contribution is 0.166. The molecule has 0 aromatic heterocycles. The van der Waals surface area contributed by atoms with Gasteiger partial charge in [0.05, 0.1) is 6.10 Å². The lowest BCUT2D eigenvalue weighted by Crippen LogP contribution is -2.45. The topological polar surface area (TPSA) is 46.2 Å². The van der Waals surface area contributed by atoms with E-state index in [1.807, 2.05) is 6.92 Å². The maximum absolute atomic E-state index is 9.76. The minimum Gasteiger partial charge on any atom is -0.389 e. The predicted octanol–water partition coefficient (Wildman–Crippen LogP) is 3.17. The van der Waals surface area contributed by atoms with Gasteiger partial charge in [0.25, 0.3) is 0 Å². The summed E-state index contributed by atoms with van der Waals surface area (Å²) in [6, 6.07) is 0. The number of hydrogen-bond donors (Lipinski definition) is 2. The van der Waals surface area contributed by atoms with Crippen LogP contribution in [0.3, 0.4) is 0 Å². The van der Waals surface area contributed by atoms with Gasteiger partial charge >= 0.3 is 0 Å². The summed E-state index contributed by atoms with van der Waals surface area (Å²) in [6.07, 6.45) is 6.92. The van der Waals surface area contributed by atoms with Crippen LogP contribution in [0.5, 0.6) is 0 Å². The maximum Gasteiger partial charge on any atom is 0.0745 e. The highest BCUT2D eigenvalue weighted by atomic mass is 16.3. The summed E-state index contributed by atoms with van der Waals surface area (Å²) >= 11 is 0. The normalized spacial score (nSPS) is 25.9. The molecule has 0 radical (unpaired) electrons. The summed E-state index contributed by atoms with van der Waals surface area (Å²) in [5.41, 5.74) is 8.56. The van der Waals surface area contributed by atoms with Gasteiger partial charge in [-0.25, -0.2) is 0 Å². The molecule has 1 rings (SSSR count). The molecule has 0 aliphatic heterocycles. The van der Waals surface area contributed by atoms with Gasteiger partial charge in [-0.05, 0) is 58.8 Å². The van der Waals surface area contributed by atoms with E-state index in [4.69, 9.17) is 5.73 Å². The molecule has 0 bridgehead atoms. The van der Waals surface area contributed by atoms with Crippen molar-refractivity contribution < 1.29 is 5.11 Å². The Morgan fingerprint density at radius 3 is 2.82 bits per heavy atom. The molecular weight excluding hydrogens is 210 g/mol. The summed E-state index contributed by atoms with van der Waals surface area (Å²) in [6.45, 7) is 9.96.